The summed E-state index contributed by atoms with van der Waals surface area (Å²) < 4.78 is 5.18. The first-order chi connectivity index (χ1) is 7.76. The second kappa shape index (κ2) is 4.35. The Bertz CT molecular complexity index is 517. The van der Waals surface area contributed by atoms with Gasteiger partial charge < -0.3 is 9.53 Å². The van der Waals surface area contributed by atoms with Gasteiger partial charge in [-0.15, -0.1) is 0 Å². The number of carbonyl (C=O) groups is 1. The van der Waals surface area contributed by atoms with Gasteiger partial charge in [0.25, 0.3) is 0 Å². The number of benzene rings is 2. The summed E-state index contributed by atoms with van der Waals surface area (Å²) in [5, 5.41) is 2.22. The van der Waals surface area contributed by atoms with Crippen LogP contribution in [0.15, 0.2) is 36.4 Å². The molecule has 0 heterocycles. The zero-order valence-electron chi connectivity index (χ0n) is 9.44. The SMILES string of the molecule is COc1ccc2c([C@H](C)C=O)cccc2c1. The Hall–Kier alpha value is -1.83. The fourth-order valence-corrected chi connectivity index (χ4v) is 1.88. The highest BCUT2D eigenvalue weighted by atomic mass is 16.5. The van der Waals surface area contributed by atoms with Crippen LogP contribution < -0.4 is 4.74 Å². The molecule has 0 N–H and O–H groups in total. The van der Waals surface area contributed by atoms with E-state index in [1.165, 1.54) is 0 Å². The molecule has 2 aromatic rings. The quantitative estimate of drug-likeness (QED) is 0.734. The molecule has 2 nitrogen and oxygen atoms in total. The van der Waals surface area contributed by atoms with Crippen molar-refractivity contribution in [3.05, 3.63) is 42.0 Å². The van der Waals surface area contributed by atoms with Crippen molar-refractivity contribution in [3.63, 3.8) is 0 Å². The van der Waals surface area contributed by atoms with Gasteiger partial charge >= 0.3 is 0 Å². The summed E-state index contributed by atoms with van der Waals surface area (Å²) >= 11 is 0. The highest BCUT2D eigenvalue weighted by Gasteiger charge is 2.08. The van der Waals surface area contributed by atoms with Crippen LogP contribution in [0.4, 0.5) is 0 Å². The fourth-order valence-electron chi connectivity index (χ4n) is 1.88. The van der Waals surface area contributed by atoms with Crippen molar-refractivity contribution in [1.82, 2.24) is 0 Å². The van der Waals surface area contributed by atoms with E-state index in [9.17, 15) is 4.79 Å². The average Bonchev–Trinajstić information content (AvgIpc) is 2.36. The molecule has 0 saturated heterocycles. The summed E-state index contributed by atoms with van der Waals surface area (Å²) in [5.41, 5.74) is 1.06. The first-order valence-electron chi connectivity index (χ1n) is 5.28. The maximum Gasteiger partial charge on any atom is 0.127 e. The van der Waals surface area contributed by atoms with Gasteiger partial charge in [-0.1, -0.05) is 31.2 Å². The van der Waals surface area contributed by atoms with E-state index in [4.69, 9.17) is 4.74 Å². The van der Waals surface area contributed by atoms with Gasteiger partial charge in [0.05, 0.1) is 7.11 Å². The minimum Gasteiger partial charge on any atom is -0.497 e. The number of ether oxygens (including phenoxy) is 1. The van der Waals surface area contributed by atoms with Crippen molar-refractivity contribution in [2.75, 3.05) is 7.11 Å². The first kappa shape index (κ1) is 10.7. The number of rotatable bonds is 3. The van der Waals surface area contributed by atoms with E-state index in [1.807, 2.05) is 43.3 Å². The van der Waals surface area contributed by atoms with Gasteiger partial charge in [-0.2, -0.15) is 0 Å². The molecular formula is C14H14O2. The van der Waals surface area contributed by atoms with Crippen LogP contribution in [-0.4, -0.2) is 13.4 Å². The Balaban J connectivity index is 2.64. The van der Waals surface area contributed by atoms with E-state index in [2.05, 4.69) is 0 Å². The lowest BCUT2D eigenvalue weighted by molar-refractivity contribution is -0.108. The van der Waals surface area contributed by atoms with E-state index < -0.39 is 0 Å². The van der Waals surface area contributed by atoms with Crippen molar-refractivity contribution in [1.29, 1.82) is 0 Å². The molecule has 2 heteroatoms. The molecule has 0 aliphatic heterocycles. The van der Waals surface area contributed by atoms with Crippen LogP contribution in [-0.2, 0) is 4.79 Å². The van der Waals surface area contributed by atoms with Crippen molar-refractivity contribution in [2.24, 2.45) is 0 Å². The largest absolute Gasteiger partial charge is 0.497 e. The molecule has 0 bridgehead atoms. The van der Waals surface area contributed by atoms with Gasteiger partial charge in [0.2, 0.25) is 0 Å². The molecule has 0 fully saturated rings. The third-order valence-corrected chi connectivity index (χ3v) is 2.82. The van der Waals surface area contributed by atoms with E-state index in [-0.39, 0.29) is 5.92 Å². The van der Waals surface area contributed by atoms with E-state index >= 15 is 0 Å². The lowest BCUT2D eigenvalue weighted by Crippen LogP contribution is -1.95. The van der Waals surface area contributed by atoms with E-state index in [1.54, 1.807) is 7.11 Å². The molecule has 16 heavy (non-hydrogen) atoms. The van der Waals surface area contributed by atoms with Crippen molar-refractivity contribution < 1.29 is 9.53 Å². The molecule has 0 aliphatic carbocycles. The maximum absolute atomic E-state index is 10.8. The van der Waals surface area contributed by atoms with Gasteiger partial charge in [-0.05, 0) is 28.5 Å². The van der Waals surface area contributed by atoms with Gasteiger partial charge in [-0.25, -0.2) is 0 Å². The lowest BCUT2D eigenvalue weighted by Gasteiger charge is -2.09. The maximum atomic E-state index is 10.8. The summed E-state index contributed by atoms with van der Waals surface area (Å²) in [6.45, 7) is 1.91. The molecule has 0 unspecified atom stereocenters. The molecule has 0 spiro atoms. The van der Waals surface area contributed by atoms with Crippen LogP contribution in [0.1, 0.15) is 18.4 Å². The number of aldehydes is 1. The zero-order chi connectivity index (χ0) is 11.5. The Kier molecular flexibility index (Phi) is 2.91. The third-order valence-electron chi connectivity index (χ3n) is 2.82. The van der Waals surface area contributed by atoms with E-state index in [0.717, 1.165) is 28.4 Å². The van der Waals surface area contributed by atoms with Crippen LogP contribution in [0.5, 0.6) is 5.75 Å². The van der Waals surface area contributed by atoms with Crippen LogP contribution in [0.25, 0.3) is 10.8 Å². The number of fused-ring (bicyclic) bond motifs is 1. The third kappa shape index (κ3) is 1.78. The van der Waals surface area contributed by atoms with Crippen LogP contribution in [0.3, 0.4) is 0 Å². The molecule has 0 radical (unpaired) electrons. The molecular weight excluding hydrogens is 200 g/mol. The minimum atomic E-state index is -0.0721. The molecule has 0 amide bonds. The summed E-state index contributed by atoms with van der Waals surface area (Å²) in [4.78, 5) is 10.8. The van der Waals surface area contributed by atoms with Gasteiger partial charge in [-0.3, -0.25) is 0 Å². The standard InChI is InChI=1S/C14H14O2/c1-10(9-15)13-5-3-4-11-8-12(16-2)6-7-14(11)13/h3-10H,1-2H3/t10-/m1/s1. The molecule has 0 saturated carbocycles. The molecule has 2 rings (SSSR count). The van der Waals surface area contributed by atoms with Crippen molar-refractivity contribution >= 4 is 17.1 Å². The van der Waals surface area contributed by atoms with Crippen LogP contribution in [0.2, 0.25) is 0 Å². The van der Waals surface area contributed by atoms with Crippen molar-refractivity contribution in [3.8, 4) is 5.75 Å². The monoisotopic (exact) mass is 214 g/mol. The van der Waals surface area contributed by atoms with E-state index in [0.29, 0.717) is 0 Å². The second-order valence-corrected chi connectivity index (χ2v) is 3.86. The molecule has 0 aromatic heterocycles. The number of hydrogen-bond acceptors (Lipinski definition) is 2. The van der Waals surface area contributed by atoms with Gasteiger partial charge in [0, 0.05) is 5.92 Å². The number of carbonyl (C=O) groups excluding carboxylic acids is 1. The summed E-state index contributed by atoms with van der Waals surface area (Å²) in [5.74, 6) is 0.764. The lowest BCUT2D eigenvalue weighted by atomic mass is 9.96. The average molecular weight is 214 g/mol. The predicted octanol–water partition coefficient (Wildman–Crippen LogP) is 3.15. The molecule has 1 atom stereocenters. The Morgan fingerprint density at radius 1 is 1.25 bits per heavy atom. The Labute approximate surface area is 94.8 Å². The summed E-state index contributed by atoms with van der Waals surface area (Å²) in [6.07, 6.45) is 0.971. The fraction of sp³-hybridized carbons (Fsp3) is 0.214. The van der Waals surface area contributed by atoms with Gasteiger partial charge in [0.1, 0.15) is 12.0 Å². The Morgan fingerprint density at radius 2 is 2.06 bits per heavy atom. The highest BCUT2D eigenvalue weighted by Crippen LogP contribution is 2.27. The molecule has 82 valence electrons. The predicted molar refractivity (Wildman–Crippen MR) is 65.0 cm³/mol. The van der Waals surface area contributed by atoms with Crippen LogP contribution >= 0.6 is 0 Å². The van der Waals surface area contributed by atoms with Crippen molar-refractivity contribution in [2.45, 2.75) is 12.8 Å². The number of methoxy groups -OCH3 is 1. The summed E-state index contributed by atoms with van der Waals surface area (Å²) in [6, 6.07) is 11.9. The zero-order valence-corrected chi connectivity index (χ0v) is 9.44. The van der Waals surface area contributed by atoms with Gasteiger partial charge in [0.15, 0.2) is 0 Å². The summed E-state index contributed by atoms with van der Waals surface area (Å²) in [7, 11) is 1.65. The normalized spacial score (nSPS) is 12.4. The Morgan fingerprint density at radius 3 is 2.75 bits per heavy atom. The molecule has 0 aliphatic rings. The molecule has 2 aromatic carbocycles. The number of hydrogen-bond donors (Lipinski definition) is 0. The van der Waals surface area contributed by atoms with Crippen LogP contribution in [0, 0.1) is 0 Å². The second-order valence-electron chi connectivity index (χ2n) is 3.86. The first-order valence-corrected chi connectivity index (χ1v) is 5.28. The minimum absolute atomic E-state index is 0.0721. The highest BCUT2D eigenvalue weighted by molar-refractivity contribution is 5.89. The smallest absolute Gasteiger partial charge is 0.127 e. The topological polar surface area (TPSA) is 26.3 Å².